The molecule has 21 heavy (non-hydrogen) atoms. The molecule has 0 aliphatic heterocycles. The van der Waals surface area contributed by atoms with Crippen molar-refractivity contribution in [2.75, 3.05) is 0 Å². The smallest absolute Gasteiger partial charge is 0.140 e. The first-order valence-corrected chi connectivity index (χ1v) is 8.16. The maximum Gasteiger partial charge on any atom is 0.140 e. The van der Waals surface area contributed by atoms with E-state index in [-0.39, 0.29) is 5.41 Å². The Bertz CT molecular complexity index is 582. The molecule has 0 saturated heterocycles. The van der Waals surface area contributed by atoms with E-state index >= 15 is 0 Å². The average Bonchev–Trinajstić information content (AvgIpc) is 2.89. The molecule has 0 unspecified atom stereocenters. The van der Waals surface area contributed by atoms with Gasteiger partial charge in [-0.25, -0.2) is 4.98 Å². The largest absolute Gasteiger partial charge is 0.486 e. The quantitative estimate of drug-likeness (QED) is 0.907. The van der Waals surface area contributed by atoms with E-state index in [2.05, 4.69) is 39.8 Å². The van der Waals surface area contributed by atoms with Gasteiger partial charge in [0.2, 0.25) is 0 Å². The van der Waals surface area contributed by atoms with Gasteiger partial charge in [-0.15, -0.1) is 11.3 Å². The molecule has 2 aromatic rings. The highest BCUT2D eigenvalue weighted by molar-refractivity contribution is 7.11. The van der Waals surface area contributed by atoms with Gasteiger partial charge in [-0.1, -0.05) is 39.8 Å². The number of hydrogen-bond donors (Lipinski definition) is 1. The van der Waals surface area contributed by atoms with Crippen molar-refractivity contribution in [3.05, 3.63) is 45.4 Å². The van der Waals surface area contributed by atoms with Crippen LogP contribution in [0.3, 0.4) is 0 Å². The standard InChI is InChI=1S/C17H24N2OS/c1-5-12-6-8-13(9-7-12)20-11-15-19-16(17(2,3)4)14(10-18)21-15/h6-9H,5,10-11,18H2,1-4H3. The minimum absolute atomic E-state index is 0.0201. The number of thiazole rings is 1. The highest BCUT2D eigenvalue weighted by Crippen LogP contribution is 2.29. The number of hydrogen-bond acceptors (Lipinski definition) is 4. The first-order valence-electron chi connectivity index (χ1n) is 7.35. The molecule has 0 amide bonds. The number of ether oxygens (including phenoxy) is 1. The zero-order chi connectivity index (χ0) is 15.5. The zero-order valence-corrected chi connectivity index (χ0v) is 14.1. The molecule has 3 nitrogen and oxygen atoms in total. The molecule has 0 aliphatic rings. The fourth-order valence-corrected chi connectivity index (χ4v) is 3.22. The second-order valence-electron chi connectivity index (χ2n) is 6.12. The van der Waals surface area contributed by atoms with Crippen LogP contribution in [-0.2, 0) is 25.0 Å². The van der Waals surface area contributed by atoms with Crippen LogP contribution in [0.4, 0.5) is 0 Å². The number of aryl methyl sites for hydroxylation is 1. The van der Waals surface area contributed by atoms with Crippen LogP contribution in [0, 0.1) is 0 Å². The lowest BCUT2D eigenvalue weighted by atomic mass is 9.91. The lowest BCUT2D eigenvalue weighted by molar-refractivity contribution is 0.305. The molecule has 1 heterocycles. The molecule has 0 saturated carbocycles. The van der Waals surface area contributed by atoms with Crippen LogP contribution in [0.2, 0.25) is 0 Å². The molecule has 0 spiro atoms. The number of nitrogens with two attached hydrogens (primary N) is 1. The Morgan fingerprint density at radius 2 is 1.86 bits per heavy atom. The number of benzene rings is 1. The summed E-state index contributed by atoms with van der Waals surface area (Å²) in [4.78, 5) is 5.87. The van der Waals surface area contributed by atoms with Gasteiger partial charge in [-0.2, -0.15) is 0 Å². The van der Waals surface area contributed by atoms with E-state index < -0.39 is 0 Å². The van der Waals surface area contributed by atoms with Crippen molar-refractivity contribution in [2.45, 2.75) is 52.7 Å². The normalized spacial score (nSPS) is 11.7. The fourth-order valence-electron chi connectivity index (χ4n) is 2.15. The van der Waals surface area contributed by atoms with E-state index in [0.29, 0.717) is 13.2 Å². The monoisotopic (exact) mass is 304 g/mol. The Morgan fingerprint density at radius 3 is 2.33 bits per heavy atom. The Labute approximate surface area is 131 Å². The molecule has 0 fully saturated rings. The van der Waals surface area contributed by atoms with Gasteiger partial charge in [0.15, 0.2) is 0 Å². The molecule has 0 aliphatic carbocycles. The van der Waals surface area contributed by atoms with E-state index in [9.17, 15) is 0 Å². The molecule has 1 aromatic heterocycles. The van der Waals surface area contributed by atoms with Crippen LogP contribution in [0.15, 0.2) is 24.3 Å². The minimum Gasteiger partial charge on any atom is -0.486 e. The van der Waals surface area contributed by atoms with E-state index in [1.54, 1.807) is 11.3 Å². The highest BCUT2D eigenvalue weighted by atomic mass is 32.1. The first kappa shape index (κ1) is 16.0. The molecule has 114 valence electrons. The second-order valence-corrected chi connectivity index (χ2v) is 7.29. The summed E-state index contributed by atoms with van der Waals surface area (Å²) in [7, 11) is 0. The topological polar surface area (TPSA) is 48.1 Å². The second kappa shape index (κ2) is 6.58. The third-order valence-electron chi connectivity index (χ3n) is 3.33. The summed E-state index contributed by atoms with van der Waals surface area (Å²) in [5, 5.41) is 0.986. The van der Waals surface area contributed by atoms with E-state index in [1.807, 2.05) is 12.1 Å². The summed E-state index contributed by atoms with van der Waals surface area (Å²) in [6, 6.07) is 8.23. The van der Waals surface area contributed by atoms with Crippen molar-refractivity contribution in [1.82, 2.24) is 4.98 Å². The predicted molar refractivity (Wildman–Crippen MR) is 88.9 cm³/mol. The average molecular weight is 304 g/mol. The summed E-state index contributed by atoms with van der Waals surface area (Å²) < 4.78 is 5.82. The van der Waals surface area contributed by atoms with Gasteiger partial charge in [0.05, 0.1) is 5.69 Å². The summed E-state index contributed by atoms with van der Waals surface area (Å²) in [5.41, 5.74) is 8.26. The number of aromatic nitrogens is 1. The molecule has 2 N–H and O–H groups in total. The van der Waals surface area contributed by atoms with Gasteiger partial charge in [0.25, 0.3) is 0 Å². The van der Waals surface area contributed by atoms with Gasteiger partial charge in [-0.05, 0) is 24.1 Å². The summed E-state index contributed by atoms with van der Waals surface area (Å²) in [6.07, 6.45) is 1.04. The van der Waals surface area contributed by atoms with Gasteiger partial charge >= 0.3 is 0 Å². The van der Waals surface area contributed by atoms with Crippen molar-refractivity contribution in [2.24, 2.45) is 5.73 Å². The van der Waals surface area contributed by atoms with Crippen LogP contribution in [0.25, 0.3) is 0 Å². The molecule has 2 rings (SSSR count). The third-order valence-corrected chi connectivity index (χ3v) is 4.38. The Kier molecular flexibility index (Phi) is 5.01. The van der Waals surface area contributed by atoms with Gasteiger partial charge in [0.1, 0.15) is 17.4 Å². The molecule has 0 radical (unpaired) electrons. The van der Waals surface area contributed by atoms with Crippen molar-refractivity contribution in [3.8, 4) is 5.75 Å². The van der Waals surface area contributed by atoms with Crippen LogP contribution in [0.1, 0.15) is 48.8 Å². The van der Waals surface area contributed by atoms with Gasteiger partial charge in [-0.3, -0.25) is 0 Å². The number of nitrogens with zero attached hydrogens (tertiary/aromatic N) is 1. The van der Waals surface area contributed by atoms with Crippen molar-refractivity contribution >= 4 is 11.3 Å². The molecule has 1 aromatic carbocycles. The lowest BCUT2D eigenvalue weighted by Gasteiger charge is -2.16. The fraction of sp³-hybridized carbons (Fsp3) is 0.471. The SMILES string of the molecule is CCc1ccc(OCc2nc(C(C)(C)C)c(CN)s2)cc1. The van der Waals surface area contributed by atoms with Gasteiger partial charge < -0.3 is 10.5 Å². The Hall–Kier alpha value is -1.39. The molecular formula is C17H24N2OS. The maximum atomic E-state index is 5.83. The van der Waals surface area contributed by atoms with E-state index in [1.165, 1.54) is 5.56 Å². The highest BCUT2D eigenvalue weighted by Gasteiger charge is 2.22. The molecule has 4 heteroatoms. The minimum atomic E-state index is 0.0201. The lowest BCUT2D eigenvalue weighted by Crippen LogP contribution is -2.15. The van der Waals surface area contributed by atoms with Crippen LogP contribution >= 0.6 is 11.3 Å². The summed E-state index contributed by atoms with van der Waals surface area (Å²) >= 11 is 1.65. The molecular weight excluding hydrogens is 280 g/mol. The van der Waals surface area contributed by atoms with Gasteiger partial charge in [0, 0.05) is 16.8 Å². The zero-order valence-electron chi connectivity index (χ0n) is 13.3. The first-order chi connectivity index (χ1) is 9.94. The Balaban J connectivity index is 2.07. The van der Waals surface area contributed by atoms with Crippen LogP contribution in [0.5, 0.6) is 5.75 Å². The van der Waals surface area contributed by atoms with Crippen LogP contribution < -0.4 is 10.5 Å². The summed E-state index contributed by atoms with van der Waals surface area (Å²) in [6.45, 7) is 9.67. The Morgan fingerprint density at radius 1 is 1.19 bits per heavy atom. The number of rotatable bonds is 5. The molecule has 0 atom stereocenters. The predicted octanol–water partition coefficient (Wildman–Crippen LogP) is 4.04. The van der Waals surface area contributed by atoms with Crippen molar-refractivity contribution in [3.63, 3.8) is 0 Å². The van der Waals surface area contributed by atoms with Crippen LogP contribution in [-0.4, -0.2) is 4.98 Å². The maximum absolute atomic E-state index is 5.83. The van der Waals surface area contributed by atoms with Crippen molar-refractivity contribution in [1.29, 1.82) is 0 Å². The van der Waals surface area contributed by atoms with E-state index in [4.69, 9.17) is 15.5 Å². The van der Waals surface area contributed by atoms with E-state index in [0.717, 1.165) is 27.7 Å². The third kappa shape index (κ3) is 4.05. The van der Waals surface area contributed by atoms with Crippen molar-refractivity contribution < 1.29 is 4.74 Å². The summed E-state index contributed by atoms with van der Waals surface area (Å²) in [5.74, 6) is 0.883. The molecule has 0 bridgehead atoms.